The van der Waals surface area contributed by atoms with Gasteiger partial charge in [0.1, 0.15) is 0 Å². The third kappa shape index (κ3) is 3.19. The first-order valence-electron chi connectivity index (χ1n) is 4.32. The van der Waals surface area contributed by atoms with Gasteiger partial charge in [-0.25, -0.2) is 0 Å². The van der Waals surface area contributed by atoms with Gasteiger partial charge in [-0.3, -0.25) is 0 Å². The average molecular weight is 237 g/mol. The maximum Gasteiger partial charge on any atom is 0.00662 e. The molecule has 0 saturated carbocycles. The molecule has 0 fully saturated rings. The zero-order chi connectivity index (χ0) is 9.52. The highest BCUT2D eigenvalue weighted by Crippen LogP contribution is 2.15. The molecule has 0 aliphatic heterocycles. The second-order valence-corrected chi connectivity index (χ2v) is 3.50. The van der Waals surface area contributed by atoms with Crippen molar-refractivity contribution in [2.24, 2.45) is 0 Å². The van der Waals surface area contributed by atoms with Crippen LogP contribution in [0.1, 0.15) is 12.0 Å². The van der Waals surface area contributed by atoms with Crippen LogP contribution < -0.4 is 0 Å². The predicted molar refractivity (Wildman–Crippen MR) is 63.0 cm³/mol. The van der Waals surface area contributed by atoms with Crippen molar-refractivity contribution in [3.8, 4) is 0 Å². The van der Waals surface area contributed by atoms with Gasteiger partial charge in [0.25, 0.3) is 0 Å². The van der Waals surface area contributed by atoms with Crippen molar-refractivity contribution < 1.29 is 0 Å². The van der Waals surface area contributed by atoms with Crippen LogP contribution in [0.5, 0.6) is 0 Å². The van der Waals surface area contributed by atoms with Crippen LogP contribution in [0.3, 0.4) is 0 Å². The number of rotatable bonds is 4. The smallest absolute Gasteiger partial charge is 0.00662 e. The molecule has 0 aliphatic carbocycles. The molecule has 0 heterocycles. The number of alkyl halides is 1. The van der Waals surface area contributed by atoms with Crippen LogP contribution in [0.15, 0.2) is 49.1 Å². The highest BCUT2D eigenvalue weighted by atomic mass is 79.9. The van der Waals surface area contributed by atoms with E-state index in [0.717, 1.165) is 11.8 Å². The molecule has 0 radical (unpaired) electrons. The van der Waals surface area contributed by atoms with Crippen molar-refractivity contribution in [2.75, 3.05) is 5.33 Å². The predicted octanol–water partition coefficient (Wildman–Crippen LogP) is 4.04. The van der Waals surface area contributed by atoms with Crippen LogP contribution in [0.25, 0.3) is 5.57 Å². The molecule has 1 rings (SSSR count). The molecule has 68 valence electrons. The lowest BCUT2D eigenvalue weighted by atomic mass is 10.1. The van der Waals surface area contributed by atoms with Gasteiger partial charge in [0.2, 0.25) is 0 Å². The highest BCUT2D eigenvalue weighted by Gasteiger charge is 1.93. The number of benzene rings is 1. The third-order valence-electron chi connectivity index (χ3n) is 1.80. The fourth-order valence-electron chi connectivity index (χ4n) is 1.16. The molecule has 0 saturated heterocycles. The van der Waals surface area contributed by atoms with Crippen molar-refractivity contribution in [1.82, 2.24) is 0 Å². The minimum absolute atomic E-state index is 0.997. The third-order valence-corrected chi connectivity index (χ3v) is 2.26. The Kier molecular flexibility index (Phi) is 4.55. The molecule has 0 aromatic heterocycles. The largest absolute Gasteiger partial charge is 0.0985 e. The van der Waals surface area contributed by atoms with E-state index in [1.165, 1.54) is 11.1 Å². The SMILES string of the molecule is C=C/C(=C\CCBr)c1ccccc1. The van der Waals surface area contributed by atoms with E-state index in [-0.39, 0.29) is 0 Å². The Labute approximate surface area is 88.1 Å². The lowest BCUT2D eigenvalue weighted by Crippen LogP contribution is -1.80. The van der Waals surface area contributed by atoms with Crippen molar-refractivity contribution in [2.45, 2.75) is 6.42 Å². The van der Waals surface area contributed by atoms with Gasteiger partial charge in [-0.2, -0.15) is 0 Å². The number of hydrogen-bond donors (Lipinski definition) is 0. The topological polar surface area (TPSA) is 0 Å². The molecule has 1 aromatic carbocycles. The molecule has 0 spiro atoms. The van der Waals surface area contributed by atoms with Gasteiger partial charge in [-0.05, 0) is 17.6 Å². The molecular formula is C12H13Br. The summed E-state index contributed by atoms with van der Waals surface area (Å²) in [6, 6.07) is 10.3. The van der Waals surface area contributed by atoms with E-state index in [4.69, 9.17) is 0 Å². The molecule has 0 unspecified atom stereocenters. The molecular weight excluding hydrogens is 224 g/mol. The molecule has 0 bridgehead atoms. The van der Waals surface area contributed by atoms with E-state index >= 15 is 0 Å². The van der Waals surface area contributed by atoms with Gasteiger partial charge in [0, 0.05) is 5.33 Å². The van der Waals surface area contributed by atoms with Crippen molar-refractivity contribution in [3.05, 3.63) is 54.6 Å². The van der Waals surface area contributed by atoms with E-state index in [1.807, 2.05) is 24.3 Å². The first-order valence-corrected chi connectivity index (χ1v) is 5.44. The van der Waals surface area contributed by atoms with Crippen LogP contribution in [0.2, 0.25) is 0 Å². The van der Waals surface area contributed by atoms with Crippen LogP contribution in [0, 0.1) is 0 Å². The Hall–Kier alpha value is -0.820. The first kappa shape index (κ1) is 10.3. The fraction of sp³-hybridized carbons (Fsp3) is 0.167. The average Bonchev–Trinajstić information content (AvgIpc) is 2.21. The summed E-state index contributed by atoms with van der Waals surface area (Å²) in [5.74, 6) is 0. The van der Waals surface area contributed by atoms with Gasteiger partial charge in [0.15, 0.2) is 0 Å². The summed E-state index contributed by atoms with van der Waals surface area (Å²) in [4.78, 5) is 0. The van der Waals surface area contributed by atoms with E-state index in [1.54, 1.807) is 0 Å². The Balaban J connectivity index is 2.84. The standard InChI is InChI=1S/C12H13Br/c1-2-11(9-6-10-13)12-7-4-3-5-8-12/h2-5,7-9H,1,6,10H2/b11-9+. The maximum atomic E-state index is 3.81. The van der Waals surface area contributed by atoms with Crippen molar-refractivity contribution in [1.29, 1.82) is 0 Å². The summed E-state index contributed by atoms with van der Waals surface area (Å²) in [5.41, 5.74) is 2.44. The summed E-state index contributed by atoms with van der Waals surface area (Å²) < 4.78 is 0. The van der Waals surface area contributed by atoms with Crippen LogP contribution in [-0.4, -0.2) is 5.33 Å². The number of hydrogen-bond acceptors (Lipinski definition) is 0. The molecule has 0 amide bonds. The Bertz CT molecular complexity index is 285. The van der Waals surface area contributed by atoms with E-state index in [2.05, 4.69) is 40.7 Å². The Morgan fingerprint density at radius 3 is 2.54 bits per heavy atom. The normalized spacial score (nSPS) is 11.3. The molecule has 13 heavy (non-hydrogen) atoms. The fourth-order valence-corrected chi connectivity index (χ4v) is 1.39. The van der Waals surface area contributed by atoms with Gasteiger partial charge < -0.3 is 0 Å². The number of halogens is 1. The summed E-state index contributed by atoms with van der Waals surface area (Å²) in [5, 5.41) is 0.997. The lowest BCUT2D eigenvalue weighted by Gasteiger charge is -2.00. The lowest BCUT2D eigenvalue weighted by molar-refractivity contribution is 1.26. The molecule has 0 atom stereocenters. The van der Waals surface area contributed by atoms with Gasteiger partial charge in [0.05, 0.1) is 0 Å². The van der Waals surface area contributed by atoms with Crippen LogP contribution >= 0.6 is 15.9 Å². The van der Waals surface area contributed by atoms with Crippen LogP contribution in [-0.2, 0) is 0 Å². The summed E-state index contributed by atoms with van der Waals surface area (Å²) in [7, 11) is 0. The summed E-state index contributed by atoms with van der Waals surface area (Å²) in [6.45, 7) is 3.81. The van der Waals surface area contributed by atoms with Crippen LogP contribution in [0.4, 0.5) is 0 Å². The molecule has 0 aliphatic rings. The Morgan fingerprint density at radius 1 is 1.31 bits per heavy atom. The summed E-state index contributed by atoms with van der Waals surface area (Å²) in [6.07, 6.45) is 5.13. The van der Waals surface area contributed by atoms with Gasteiger partial charge in [-0.1, -0.05) is 65.0 Å². The quantitative estimate of drug-likeness (QED) is 0.547. The zero-order valence-corrected chi connectivity index (χ0v) is 9.13. The van der Waals surface area contributed by atoms with E-state index in [0.29, 0.717) is 0 Å². The monoisotopic (exact) mass is 236 g/mol. The minimum atomic E-state index is 0.997. The summed E-state index contributed by atoms with van der Waals surface area (Å²) >= 11 is 3.40. The molecule has 1 heteroatoms. The van der Waals surface area contributed by atoms with Gasteiger partial charge >= 0.3 is 0 Å². The zero-order valence-electron chi connectivity index (χ0n) is 7.54. The van der Waals surface area contributed by atoms with Gasteiger partial charge in [-0.15, -0.1) is 0 Å². The maximum absolute atomic E-state index is 3.81. The van der Waals surface area contributed by atoms with Crippen molar-refractivity contribution in [3.63, 3.8) is 0 Å². The molecule has 1 aromatic rings. The minimum Gasteiger partial charge on any atom is -0.0985 e. The molecule has 0 N–H and O–H groups in total. The molecule has 0 nitrogen and oxygen atoms in total. The second-order valence-electron chi connectivity index (χ2n) is 2.71. The first-order chi connectivity index (χ1) is 6.38. The van der Waals surface area contributed by atoms with E-state index in [9.17, 15) is 0 Å². The van der Waals surface area contributed by atoms with Crippen molar-refractivity contribution >= 4 is 21.5 Å². The van der Waals surface area contributed by atoms with E-state index < -0.39 is 0 Å². The Morgan fingerprint density at radius 2 is 2.00 bits per heavy atom. The number of allylic oxidation sites excluding steroid dienone is 3. The second kappa shape index (κ2) is 5.76. The highest BCUT2D eigenvalue weighted by molar-refractivity contribution is 9.09.